The van der Waals surface area contributed by atoms with E-state index < -0.39 is 0 Å². The van der Waals surface area contributed by atoms with Crippen LogP contribution in [0.15, 0.2) is 18.2 Å². The highest BCUT2D eigenvalue weighted by molar-refractivity contribution is 7.15. The van der Waals surface area contributed by atoms with Crippen molar-refractivity contribution in [3.05, 3.63) is 39.9 Å². The highest BCUT2D eigenvalue weighted by Crippen LogP contribution is 2.32. The largest absolute Gasteiger partial charge is 0.309 e. The van der Waals surface area contributed by atoms with Crippen LogP contribution in [0.5, 0.6) is 0 Å². The van der Waals surface area contributed by atoms with Crippen LogP contribution in [-0.4, -0.2) is 11.5 Å². The lowest BCUT2D eigenvalue weighted by Crippen LogP contribution is -2.18. The van der Waals surface area contributed by atoms with Gasteiger partial charge in [0.25, 0.3) is 0 Å². The van der Waals surface area contributed by atoms with E-state index in [-0.39, 0.29) is 0 Å². The van der Waals surface area contributed by atoms with Crippen LogP contribution in [0.3, 0.4) is 0 Å². The lowest BCUT2D eigenvalue weighted by atomic mass is 10.1. The number of hydrogen-bond acceptors (Lipinski definition) is 3. The van der Waals surface area contributed by atoms with E-state index in [9.17, 15) is 0 Å². The van der Waals surface area contributed by atoms with Crippen LogP contribution in [-0.2, 0) is 0 Å². The summed E-state index contributed by atoms with van der Waals surface area (Å²) in [6, 6.07) is 7.03. The lowest BCUT2D eigenvalue weighted by Gasteiger charge is -2.11. The van der Waals surface area contributed by atoms with Crippen molar-refractivity contribution in [2.45, 2.75) is 47.1 Å². The second-order valence-corrected chi connectivity index (χ2v) is 6.55. The van der Waals surface area contributed by atoms with Crippen molar-refractivity contribution in [2.24, 2.45) is 0 Å². The van der Waals surface area contributed by atoms with E-state index in [0.29, 0.717) is 6.04 Å². The highest BCUT2D eigenvalue weighted by Gasteiger charge is 2.15. The third-order valence-corrected chi connectivity index (χ3v) is 4.78. The van der Waals surface area contributed by atoms with Crippen molar-refractivity contribution in [2.75, 3.05) is 6.54 Å². The molecule has 1 N–H and O–H groups in total. The maximum atomic E-state index is 4.77. The fraction of sp³-hybridized carbons (Fsp3) is 0.471. The zero-order valence-electron chi connectivity index (χ0n) is 13.1. The predicted molar refractivity (Wildman–Crippen MR) is 88.5 cm³/mol. The first-order chi connectivity index (χ1) is 9.51. The van der Waals surface area contributed by atoms with Crippen LogP contribution in [0.4, 0.5) is 0 Å². The summed E-state index contributed by atoms with van der Waals surface area (Å²) in [5, 5.41) is 4.68. The smallest absolute Gasteiger partial charge is 0.123 e. The topological polar surface area (TPSA) is 24.9 Å². The fourth-order valence-electron chi connectivity index (χ4n) is 2.49. The molecule has 1 aromatic carbocycles. The van der Waals surface area contributed by atoms with Crippen molar-refractivity contribution in [1.29, 1.82) is 0 Å². The molecule has 0 bridgehead atoms. The Labute approximate surface area is 126 Å². The molecule has 1 unspecified atom stereocenters. The normalized spacial score (nSPS) is 12.7. The number of aromatic nitrogens is 1. The van der Waals surface area contributed by atoms with Crippen molar-refractivity contribution in [3.63, 3.8) is 0 Å². The van der Waals surface area contributed by atoms with Gasteiger partial charge in [0.05, 0.1) is 5.69 Å². The monoisotopic (exact) mass is 288 g/mol. The Kier molecular flexibility index (Phi) is 4.95. The van der Waals surface area contributed by atoms with Crippen LogP contribution in [0, 0.1) is 20.8 Å². The summed E-state index contributed by atoms with van der Waals surface area (Å²) < 4.78 is 0. The van der Waals surface area contributed by atoms with Gasteiger partial charge in [0.1, 0.15) is 5.01 Å². The predicted octanol–water partition coefficient (Wildman–Crippen LogP) is 4.80. The molecule has 1 atom stereocenters. The quantitative estimate of drug-likeness (QED) is 0.855. The van der Waals surface area contributed by atoms with E-state index in [2.05, 4.69) is 58.1 Å². The number of hydrogen-bond donors (Lipinski definition) is 1. The zero-order chi connectivity index (χ0) is 14.7. The standard InChI is InChI=1S/C17H24N2S/c1-6-7-18-13(4)16-14(5)19-17(20-16)15-9-11(2)8-12(3)10-15/h8-10,13,18H,6-7H2,1-5H3. The fourth-order valence-corrected chi connectivity index (χ4v) is 3.57. The van der Waals surface area contributed by atoms with Gasteiger partial charge in [-0.25, -0.2) is 4.98 Å². The molecular weight excluding hydrogens is 264 g/mol. The van der Waals surface area contributed by atoms with E-state index >= 15 is 0 Å². The summed E-state index contributed by atoms with van der Waals surface area (Å²) in [5.41, 5.74) is 4.99. The molecule has 2 nitrogen and oxygen atoms in total. The van der Waals surface area contributed by atoms with E-state index in [1.54, 1.807) is 0 Å². The maximum absolute atomic E-state index is 4.77. The molecule has 2 aromatic rings. The molecule has 1 aromatic heterocycles. The number of thiazole rings is 1. The van der Waals surface area contributed by atoms with Gasteiger partial charge in [-0.15, -0.1) is 11.3 Å². The molecule has 1 heterocycles. The van der Waals surface area contributed by atoms with Crippen LogP contribution >= 0.6 is 11.3 Å². The van der Waals surface area contributed by atoms with Crippen LogP contribution < -0.4 is 5.32 Å². The van der Waals surface area contributed by atoms with Crippen molar-refractivity contribution < 1.29 is 0 Å². The Morgan fingerprint density at radius 1 is 1.15 bits per heavy atom. The molecule has 0 saturated heterocycles. The molecule has 3 heteroatoms. The molecule has 0 fully saturated rings. The second kappa shape index (κ2) is 6.51. The third kappa shape index (κ3) is 3.47. The van der Waals surface area contributed by atoms with Gasteiger partial charge < -0.3 is 5.32 Å². The molecule has 108 valence electrons. The molecule has 0 amide bonds. The summed E-state index contributed by atoms with van der Waals surface area (Å²) in [6.07, 6.45) is 1.16. The van der Waals surface area contributed by atoms with Gasteiger partial charge in [-0.2, -0.15) is 0 Å². The Morgan fingerprint density at radius 2 is 1.80 bits per heavy atom. The Balaban J connectivity index is 2.30. The summed E-state index contributed by atoms with van der Waals surface area (Å²) >= 11 is 1.81. The van der Waals surface area contributed by atoms with Crippen molar-refractivity contribution >= 4 is 11.3 Å². The molecule has 20 heavy (non-hydrogen) atoms. The SMILES string of the molecule is CCCNC(C)c1sc(-c2cc(C)cc(C)c2)nc1C. The van der Waals surface area contributed by atoms with E-state index in [1.165, 1.54) is 21.6 Å². The number of aryl methyl sites for hydroxylation is 3. The number of nitrogens with one attached hydrogen (secondary N) is 1. The second-order valence-electron chi connectivity index (χ2n) is 5.52. The first kappa shape index (κ1) is 15.2. The molecule has 0 saturated carbocycles. The number of nitrogens with zero attached hydrogens (tertiary/aromatic N) is 1. The van der Waals surface area contributed by atoms with Gasteiger partial charge in [0.2, 0.25) is 0 Å². The third-order valence-electron chi connectivity index (χ3n) is 3.39. The molecule has 0 radical (unpaired) electrons. The average molecular weight is 288 g/mol. The van der Waals surface area contributed by atoms with Crippen LogP contribution in [0.1, 0.15) is 48.0 Å². The van der Waals surface area contributed by atoms with E-state index in [4.69, 9.17) is 4.98 Å². The van der Waals surface area contributed by atoms with E-state index in [0.717, 1.165) is 23.7 Å². The first-order valence-corrected chi connectivity index (χ1v) is 8.12. The lowest BCUT2D eigenvalue weighted by molar-refractivity contribution is 0.575. The van der Waals surface area contributed by atoms with Gasteiger partial charge in [0, 0.05) is 16.5 Å². The highest BCUT2D eigenvalue weighted by atomic mass is 32.1. The molecule has 0 aliphatic carbocycles. The number of rotatable bonds is 5. The van der Waals surface area contributed by atoms with Gasteiger partial charge >= 0.3 is 0 Å². The Morgan fingerprint density at radius 3 is 2.40 bits per heavy atom. The van der Waals surface area contributed by atoms with Gasteiger partial charge in [0.15, 0.2) is 0 Å². The maximum Gasteiger partial charge on any atom is 0.123 e. The van der Waals surface area contributed by atoms with Crippen LogP contribution in [0.25, 0.3) is 10.6 Å². The average Bonchev–Trinajstić information content (AvgIpc) is 2.77. The minimum Gasteiger partial charge on any atom is -0.309 e. The van der Waals surface area contributed by atoms with Crippen LogP contribution in [0.2, 0.25) is 0 Å². The minimum atomic E-state index is 0.382. The summed E-state index contributed by atoms with van der Waals surface area (Å²) in [5.74, 6) is 0. The van der Waals surface area contributed by atoms with Crippen molar-refractivity contribution in [3.8, 4) is 10.6 Å². The Hall–Kier alpha value is -1.19. The zero-order valence-corrected chi connectivity index (χ0v) is 13.9. The van der Waals surface area contributed by atoms with Gasteiger partial charge in [-0.1, -0.05) is 24.1 Å². The molecule has 0 spiro atoms. The molecule has 0 aliphatic rings. The molecule has 0 aliphatic heterocycles. The summed E-state index contributed by atoms with van der Waals surface area (Å²) in [4.78, 5) is 6.13. The summed E-state index contributed by atoms with van der Waals surface area (Å²) in [6.45, 7) is 11.9. The first-order valence-electron chi connectivity index (χ1n) is 7.30. The molecule has 2 rings (SSSR count). The van der Waals surface area contributed by atoms with Crippen molar-refractivity contribution in [1.82, 2.24) is 10.3 Å². The van der Waals surface area contributed by atoms with E-state index in [1.807, 2.05) is 11.3 Å². The molecular formula is C17H24N2S. The minimum absolute atomic E-state index is 0.382. The van der Waals surface area contributed by atoms with Gasteiger partial charge in [-0.05, 0) is 52.8 Å². The summed E-state index contributed by atoms with van der Waals surface area (Å²) in [7, 11) is 0. The number of benzene rings is 1. The Bertz CT molecular complexity index is 566. The van der Waals surface area contributed by atoms with Gasteiger partial charge in [-0.3, -0.25) is 0 Å².